The van der Waals surface area contributed by atoms with E-state index in [9.17, 15) is 0 Å². The Morgan fingerprint density at radius 1 is 1.67 bits per heavy atom. The molecule has 0 aliphatic heterocycles. The van der Waals surface area contributed by atoms with Gasteiger partial charge in [0.1, 0.15) is 0 Å². The second-order valence-electron chi connectivity index (χ2n) is 0.192. The zero-order valence-corrected chi connectivity index (χ0v) is 10.9. The molecule has 0 aliphatic rings. The van der Waals surface area contributed by atoms with Gasteiger partial charge in [-0.15, -0.1) is 0 Å². The molecule has 40 valence electrons. The van der Waals surface area contributed by atoms with E-state index in [1.165, 1.54) is 0 Å². The van der Waals surface area contributed by atoms with Crippen molar-refractivity contribution in [3.63, 3.8) is 0 Å². The van der Waals surface area contributed by atoms with Gasteiger partial charge < -0.3 is 6.92 Å². The first-order valence-electron chi connectivity index (χ1n) is 1.71. The average Bonchev–Trinajstić information content (AvgIpc) is 1.33. The van der Waals surface area contributed by atoms with Gasteiger partial charge in [0.2, 0.25) is 0 Å². The minimum absolute atomic E-state index is 0.250. The molecule has 0 radical (unpaired) electrons. The summed E-state index contributed by atoms with van der Waals surface area (Å²) in [5.74, 6) is 0. The van der Waals surface area contributed by atoms with Crippen LogP contribution in [0.15, 0.2) is 0 Å². The summed E-state index contributed by atoms with van der Waals surface area (Å²) in [4.78, 5) is -0.278. The minimum atomic E-state index is -0.278. The molecule has 0 bridgehead atoms. The Balaban J connectivity index is 0. The van der Waals surface area contributed by atoms with E-state index in [0.29, 0.717) is 0 Å². The average molecular weight is 462 g/mol. The molecule has 0 saturated heterocycles. The topological polar surface area (TPSA) is 0 Å². The Labute approximate surface area is 78.3 Å². The van der Waals surface area contributed by atoms with Gasteiger partial charge in [-0.2, -0.15) is 6.90 Å². The molecule has 0 rings (SSSR count). The number of hydrogen-bond acceptors (Lipinski definition) is 0. The number of hydrogen-bond donors (Lipinski definition) is 0. The van der Waals surface area contributed by atoms with Crippen LogP contribution >= 0.6 is 59.9 Å². The molecule has 0 N–H and O–H groups in total. The third-order valence-electron chi connectivity index (χ3n) is 0. The van der Waals surface area contributed by atoms with Crippen molar-refractivity contribution < 1.29 is 6.29 Å². The van der Waals surface area contributed by atoms with Crippen molar-refractivity contribution in [2.75, 3.05) is 0 Å². The normalized spacial score (nSPS) is 9.17. The van der Waals surface area contributed by atoms with Gasteiger partial charge in [0.15, 0.2) is 0 Å². The van der Waals surface area contributed by atoms with E-state index >= 15 is 0 Å². The third kappa shape index (κ3) is 29.3. The van der Waals surface area contributed by atoms with Crippen molar-refractivity contribution in [3.05, 3.63) is 6.92 Å². The molecule has 0 saturated carbocycles. The second kappa shape index (κ2) is 10.7. The van der Waals surface area contributed by atoms with E-state index in [1.54, 1.807) is 0 Å². The van der Waals surface area contributed by atoms with Gasteiger partial charge in [-0.05, 0) is 1.37 Å². The first-order valence-corrected chi connectivity index (χ1v) is 14.5. The molecule has 0 aromatic heterocycles. The van der Waals surface area contributed by atoms with Gasteiger partial charge >= 0.3 is 64.9 Å². The molecule has 0 aromatic carbocycles. The van der Waals surface area contributed by atoms with Crippen LogP contribution in [-0.2, 0) is 4.92 Å². The van der Waals surface area contributed by atoms with Crippen molar-refractivity contribution >= 4 is 59.9 Å². The Morgan fingerprint density at radius 3 is 1.67 bits per heavy atom. The number of rotatable bonds is 0. The van der Waals surface area contributed by atoms with Crippen molar-refractivity contribution in [2.45, 2.75) is 6.90 Å². The molecule has 0 aromatic rings. The zero-order valence-electron chi connectivity index (χ0n) is 4.00. The van der Waals surface area contributed by atoms with Crippen LogP contribution in [0.2, 0.25) is 0 Å². The van der Waals surface area contributed by atoms with Crippen LogP contribution in [0.25, 0.3) is 0 Å². The summed E-state index contributed by atoms with van der Waals surface area (Å²) < 4.78 is 6.10. The molecule has 0 atom stereocenters. The Kier molecular flexibility index (Phi) is 15.6. The van der Waals surface area contributed by atoms with Crippen LogP contribution in [0.4, 0.5) is 0 Å². The first-order chi connectivity index (χ1) is 3.15. The van der Waals surface area contributed by atoms with E-state index < -0.39 is 0 Å². The molecule has 0 aliphatic carbocycles. The van der Waals surface area contributed by atoms with E-state index in [1.807, 2.05) is 0 Å². The van der Waals surface area contributed by atoms with Crippen LogP contribution in [0.1, 0.15) is 8.27 Å². The maximum absolute atomic E-state index is 6.10. The van der Waals surface area contributed by atoms with E-state index in [-0.39, 0.29) is 11.8 Å². The van der Waals surface area contributed by atoms with Gasteiger partial charge in [0.05, 0.1) is 0 Å². The summed E-state index contributed by atoms with van der Waals surface area (Å²) in [6.07, 6.45) is 0. The van der Waals surface area contributed by atoms with Gasteiger partial charge in [-0.25, -0.2) is 0 Å². The van der Waals surface area contributed by atoms with Crippen LogP contribution < -0.4 is 0 Å². The van der Waals surface area contributed by atoms with E-state index in [2.05, 4.69) is 66.9 Å². The summed E-state index contributed by atoms with van der Waals surface area (Å²) in [5, 5.41) is 0. The standard InChI is InChI=1S/C2H5.3HI.V/c1-2;;;;/h1H2,2H3;3*1H;/q-1;;;;+3/p-3/i2D;;;;. The van der Waals surface area contributed by atoms with E-state index in [0.717, 1.165) is 0 Å². The van der Waals surface area contributed by atoms with E-state index in [4.69, 9.17) is 1.37 Å². The molecule has 0 fully saturated rings. The van der Waals surface area contributed by atoms with Crippen molar-refractivity contribution in [1.82, 2.24) is 0 Å². The predicted molar refractivity (Wildman–Crippen MR) is 53.1 cm³/mol. The second-order valence-corrected chi connectivity index (χ2v) is 35.6. The Bertz CT molecular complexity index is 24.1. The fraction of sp³-hybridized carbons (Fsp3) is 0.500. The predicted octanol–water partition coefficient (Wildman–Crippen LogP) is 3.49. The summed E-state index contributed by atoms with van der Waals surface area (Å²) >= 11 is 7.39. The SMILES string of the molecule is [2H]C[CH2-].[I][V]([I])[I]. The molecule has 0 heterocycles. The summed E-state index contributed by atoms with van der Waals surface area (Å²) in [6, 6.07) is 0. The van der Waals surface area contributed by atoms with Crippen LogP contribution in [0, 0.1) is 6.92 Å². The zero-order chi connectivity index (χ0) is 6.28. The van der Waals surface area contributed by atoms with Crippen LogP contribution in [0.3, 0.4) is 0 Å². The summed E-state index contributed by atoms with van der Waals surface area (Å²) in [5.41, 5.74) is 0. The fourth-order valence-corrected chi connectivity index (χ4v) is 0. The van der Waals surface area contributed by atoms with Gasteiger partial charge in [-0.1, -0.05) is 0 Å². The first kappa shape index (κ1) is 8.77. The van der Waals surface area contributed by atoms with Crippen LogP contribution in [0.5, 0.6) is 0 Å². The van der Waals surface area contributed by atoms with Gasteiger partial charge in [0, 0.05) is 0 Å². The molecule has 0 nitrogen and oxygen atoms in total. The molecular weight excluding hydrogens is 456 g/mol. The third-order valence-corrected chi connectivity index (χ3v) is 0. The fourth-order valence-electron chi connectivity index (χ4n) is 0. The van der Waals surface area contributed by atoms with Crippen LogP contribution in [-0.4, -0.2) is 0 Å². The van der Waals surface area contributed by atoms with Gasteiger partial charge in [-0.3, -0.25) is 0 Å². The maximum atomic E-state index is 6.10. The quantitative estimate of drug-likeness (QED) is 0.383. The van der Waals surface area contributed by atoms with Crippen molar-refractivity contribution in [2.24, 2.45) is 0 Å². The van der Waals surface area contributed by atoms with Crippen molar-refractivity contribution in [3.8, 4) is 0 Å². The number of halogens is 3. The molecule has 0 unspecified atom stereocenters. The molecule has 6 heavy (non-hydrogen) atoms. The van der Waals surface area contributed by atoms with Gasteiger partial charge in [0.25, 0.3) is 0 Å². The molecular formula is C2H5I3V-. The Morgan fingerprint density at radius 2 is 1.67 bits per heavy atom. The molecule has 0 spiro atoms. The summed E-state index contributed by atoms with van der Waals surface area (Å²) in [6.45, 7) is 3.40. The van der Waals surface area contributed by atoms with Crippen molar-refractivity contribution in [1.29, 1.82) is 0 Å². The summed E-state index contributed by atoms with van der Waals surface area (Å²) in [7, 11) is 0. The Hall–Kier alpha value is 2.77. The molecule has 0 amide bonds. The molecule has 4 heteroatoms. The monoisotopic (exact) mass is 462 g/mol.